The molecule has 0 bridgehead atoms. The Balaban J connectivity index is 1.75. The number of carbonyl (C=O) groups is 2. The van der Waals surface area contributed by atoms with Crippen molar-refractivity contribution in [3.05, 3.63) is 45.8 Å². The molecule has 2 aliphatic heterocycles. The SMILES string of the molecule is CCSC1=C(C(=O)OCc2ccccc2)N2C(=O)[C@H](C(C)C)[C@@H]2S1. The topological polar surface area (TPSA) is 46.6 Å². The first-order chi connectivity index (χ1) is 11.5. The van der Waals surface area contributed by atoms with E-state index in [4.69, 9.17) is 4.74 Å². The summed E-state index contributed by atoms with van der Waals surface area (Å²) in [5.41, 5.74) is 1.38. The molecule has 3 rings (SSSR count). The van der Waals surface area contributed by atoms with Gasteiger partial charge in [0.15, 0.2) is 5.70 Å². The molecule has 24 heavy (non-hydrogen) atoms. The van der Waals surface area contributed by atoms with Crippen molar-refractivity contribution in [3.63, 3.8) is 0 Å². The zero-order valence-corrected chi connectivity index (χ0v) is 15.7. The van der Waals surface area contributed by atoms with Gasteiger partial charge >= 0.3 is 5.97 Å². The second-order valence-corrected chi connectivity index (χ2v) is 8.78. The summed E-state index contributed by atoms with van der Waals surface area (Å²) in [5.74, 6) is 0.765. The molecule has 128 valence electrons. The highest BCUT2D eigenvalue weighted by atomic mass is 32.2. The minimum atomic E-state index is -0.402. The minimum Gasteiger partial charge on any atom is -0.456 e. The Hall–Kier alpha value is -1.40. The average molecular weight is 364 g/mol. The van der Waals surface area contributed by atoms with Crippen LogP contribution in [0.4, 0.5) is 0 Å². The van der Waals surface area contributed by atoms with E-state index < -0.39 is 5.97 Å². The van der Waals surface area contributed by atoms with Gasteiger partial charge in [0.05, 0.1) is 15.5 Å². The van der Waals surface area contributed by atoms with Gasteiger partial charge in [-0.1, -0.05) is 62.9 Å². The molecule has 1 aromatic carbocycles. The first-order valence-electron chi connectivity index (χ1n) is 8.12. The maximum Gasteiger partial charge on any atom is 0.357 e. The lowest BCUT2D eigenvalue weighted by Gasteiger charge is -2.44. The molecule has 2 heterocycles. The molecule has 2 aliphatic rings. The van der Waals surface area contributed by atoms with Gasteiger partial charge in [-0.15, -0.1) is 11.8 Å². The Morgan fingerprint density at radius 2 is 2.04 bits per heavy atom. The summed E-state index contributed by atoms with van der Waals surface area (Å²) in [6.45, 7) is 6.37. The molecular weight excluding hydrogens is 342 g/mol. The highest BCUT2D eigenvalue weighted by Crippen LogP contribution is 2.54. The van der Waals surface area contributed by atoms with Crippen LogP contribution in [-0.2, 0) is 20.9 Å². The standard InChI is InChI=1S/C18H21NO3S2/c1-4-23-18-14(17(21)22-10-12-8-6-5-7-9-12)19-15(20)13(11(2)3)16(19)24-18/h5-9,11,13,16H,4,10H2,1-3H3/t13-,16-/m0/s1. The third-order valence-electron chi connectivity index (χ3n) is 4.15. The summed E-state index contributed by atoms with van der Waals surface area (Å²) >= 11 is 3.24. The fraction of sp³-hybridized carbons (Fsp3) is 0.444. The molecule has 2 atom stereocenters. The number of benzene rings is 1. The van der Waals surface area contributed by atoms with Crippen LogP contribution < -0.4 is 0 Å². The summed E-state index contributed by atoms with van der Waals surface area (Å²) in [5, 5.41) is 0.0471. The van der Waals surface area contributed by atoms with Crippen LogP contribution in [0.1, 0.15) is 26.3 Å². The summed E-state index contributed by atoms with van der Waals surface area (Å²) in [7, 11) is 0. The average Bonchev–Trinajstić information content (AvgIpc) is 2.88. The molecule has 4 nitrogen and oxygen atoms in total. The van der Waals surface area contributed by atoms with Crippen LogP contribution >= 0.6 is 23.5 Å². The van der Waals surface area contributed by atoms with Crippen LogP contribution in [0.2, 0.25) is 0 Å². The maximum absolute atomic E-state index is 12.6. The van der Waals surface area contributed by atoms with Crippen molar-refractivity contribution in [3.8, 4) is 0 Å². The van der Waals surface area contributed by atoms with Gasteiger partial charge in [0.1, 0.15) is 6.61 Å². The molecule has 0 radical (unpaired) electrons. The number of rotatable bonds is 6. The van der Waals surface area contributed by atoms with Crippen LogP contribution in [0.5, 0.6) is 0 Å². The van der Waals surface area contributed by atoms with E-state index in [0.29, 0.717) is 5.70 Å². The molecule has 0 saturated carbocycles. The zero-order valence-electron chi connectivity index (χ0n) is 14.0. The quantitative estimate of drug-likeness (QED) is 0.568. The van der Waals surface area contributed by atoms with Crippen LogP contribution in [0.15, 0.2) is 40.3 Å². The van der Waals surface area contributed by atoms with Gasteiger partial charge < -0.3 is 4.74 Å². The number of amides is 1. The Labute approximate surface area is 151 Å². The molecule has 0 aromatic heterocycles. The van der Waals surface area contributed by atoms with Crippen molar-refractivity contribution in [1.82, 2.24) is 4.90 Å². The number of fused-ring (bicyclic) bond motifs is 1. The van der Waals surface area contributed by atoms with E-state index in [0.717, 1.165) is 15.6 Å². The predicted molar refractivity (Wildman–Crippen MR) is 97.9 cm³/mol. The lowest BCUT2D eigenvalue weighted by molar-refractivity contribution is -0.156. The van der Waals surface area contributed by atoms with Gasteiger partial charge in [-0.05, 0) is 17.2 Å². The van der Waals surface area contributed by atoms with Crippen LogP contribution in [0.3, 0.4) is 0 Å². The third-order valence-corrected chi connectivity index (χ3v) is 6.69. The zero-order chi connectivity index (χ0) is 17.3. The molecule has 0 aliphatic carbocycles. The Morgan fingerprint density at radius 3 is 2.67 bits per heavy atom. The number of hydrogen-bond donors (Lipinski definition) is 0. The van der Waals surface area contributed by atoms with Crippen LogP contribution in [-0.4, -0.2) is 27.9 Å². The highest BCUT2D eigenvalue weighted by Gasteiger charge is 2.57. The maximum atomic E-state index is 12.6. The van der Waals surface area contributed by atoms with Crippen molar-refractivity contribution in [2.24, 2.45) is 11.8 Å². The smallest absolute Gasteiger partial charge is 0.357 e. The lowest BCUT2D eigenvalue weighted by Crippen LogP contribution is -2.59. The first kappa shape index (κ1) is 17.4. The molecule has 1 saturated heterocycles. The van der Waals surface area contributed by atoms with E-state index >= 15 is 0 Å². The van der Waals surface area contributed by atoms with E-state index in [2.05, 4.69) is 13.8 Å². The molecule has 1 aromatic rings. The van der Waals surface area contributed by atoms with Crippen molar-refractivity contribution in [2.75, 3.05) is 5.75 Å². The van der Waals surface area contributed by atoms with E-state index in [1.807, 2.05) is 37.3 Å². The second-order valence-electron chi connectivity index (χ2n) is 6.12. The number of ether oxygens (including phenoxy) is 1. The van der Waals surface area contributed by atoms with E-state index in [9.17, 15) is 9.59 Å². The molecule has 1 amide bonds. The third kappa shape index (κ3) is 3.09. The highest BCUT2D eigenvalue weighted by molar-refractivity contribution is 8.22. The van der Waals surface area contributed by atoms with Crippen LogP contribution in [0, 0.1) is 11.8 Å². The van der Waals surface area contributed by atoms with E-state index in [1.165, 1.54) is 0 Å². The predicted octanol–water partition coefficient (Wildman–Crippen LogP) is 3.84. The fourth-order valence-corrected chi connectivity index (χ4v) is 5.84. The van der Waals surface area contributed by atoms with Crippen molar-refractivity contribution in [1.29, 1.82) is 0 Å². The summed E-state index contributed by atoms with van der Waals surface area (Å²) in [6, 6.07) is 9.58. The molecular formula is C18H21NO3S2. The monoisotopic (exact) mass is 363 g/mol. The van der Waals surface area contributed by atoms with Gasteiger partial charge in [-0.25, -0.2) is 4.79 Å². The lowest BCUT2D eigenvalue weighted by atomic mass is 9.86. The summed E-state index contributed by atoms with van der Waals surface area (Å²) < 4.78 is 6.38. The minimum absolute atomic E-state index is 0.0121. The first-order valence-corrected chi connectivity index (χ1v) is 9.99. The number of carbonyl (C=O) groups excluding carboxylic acids is 2. The molecule has 1 fully saturated rings. The molecule has 0 N–H and O–H groups in total. The number of nitrogens with zero attached hydrogens (tertiary/aromatic N) is 1. The summed E-state index contributed by atoms with van der Waals surface area (Å²) in [4.78, 5) is 26.7. The number of hydrogen-bond acceptors (Lipinski definition) is 5. The largest absolute Gasteiger partial charge is 0.456 e. The molecule has 0 spiro atoms. The summed E-state index contributed by atoms with van der Waals surface area (Å²) in [6.07, 6.45) is 0. The fourth-order valence-electron chi connectivity index (χ4n) is 2.93. The van der Waals surface area contributed by atoms with Crippen molar-refractivity contribution < 1.29 is 14.3 Å². The number of esters is 1. The van der Waals surface area contributed by atoms with E-state index in [1.54, 1.807) is 28.4 Å². The van der Waals surface area contributed by atoms with Gasteiger partial charge in [0.25, 0.3) is 0 Å². The van der Waals surface area contributed by atoms with Gasteiger partial charge in [-0.3, -0.25) is 9.69 Å². The normalized spacial score (nSPS) is 22.7. The van der Waals surface area contributed by atoms with Gasteiger partial charge in [-0.2, -0.15) is 0 Å². The van der Waals surface area contributed by atoms with Gasteiger partial charge in [0.2, 0.25) is 5.91 Å². The number of thioether (sulfide) groups is 2. The molecule has 0 unspecified atom stereocenters. The number of β-lactam (4-membered cyclic amide) rings is 1. The van der Waals surface area contributed by atoms with Crippen molar-refractivity contribution in [2.45, 2.75) is 32.8 Å². The Kier molecular flexibility index (Phi) is 5.25. The second kappa shape index (κ2) is 7.23. The van der Waals surface area contributed by atoms with E-state index in [-0.39, 0.29) is 29.7 Å². The Bertz CT molecular complexity index is 672. The Morgan fingerprint density at radius 1 is 1.33 bits per heavy atom. The van der Waals surface area contributed by atoms with Gasteiger partial charge in [0, 0.05) is 0 Å². The molecule has 6 heteroatoms. The van der Waals surface area contributed by atoms with Crippen LogP contribution in [0.25, 0.3) is 0 Å². The van der Waals surface area contributed by atoms with Crippen molar-refractivity contribution >= 4 is 35.4 Å².